The van der Waals surface area contributed by atoms with Gasteiger partial charge in [0.1, 0.15) is 5.54 Å². The monoisotopic (exact) mass is 189 g/mol. The number of nitrogens with two attached hydrogens (primary N) is 1. The van der Waals surface area contributed by atoms with Crippen molar-refractivity contribution in [1.82, 2.24) is 0 Å². The number of aliphatic carboxylic acids is 1. The van der Waals surface area contributed by atoms with Gasteiger partial charge in [-0.05, 0) is 13.3 Å². The second kappa shape index (κ2) is 5.19. The van der Waals surface area contributed by atoms with Crippen molar-refractivity contribution in [2.24, 2.45) is 5.73 Å². The lowest BCUT2D eigenvalue weighted by atomic mass is 9.92. The molecule has 0 aromatic heterocycles. The molecule has 0 amide bonds. The van der Waals surface area contributed by atoms with Gasteiger partial charge in [-0.15, -0.1) is 0 Å². The Hall–Kier alpha value is -0.610. The Bertz CT molecular complexity index is 168. The molecule has 0 aromatic carbocycles. The van der Waals surface area contributed by atoms with Gasteiger partial charge in [0, 0.05) is 0 Å². The Labute approximate surface area is 78.7 Å². The van der Waals surface area contributed by atoms with E-state index in [0.717, 1.165) is 19.3 Å². The molecule has 78 valence electrons. The van der Waals surface area contributed by atoms with Gasteiger partial charge in [0.05, 0.1) is 6.10 Å². The fourth-order valence-electron chi connectivity index (χ4n) is 1.03. The van der Waals surface area contributed by atoms with Crippen molar-refractivity contribution in [3.8, 4) is 0 Å². The largest absolute Gasteiger partial charge is 0.480 e. The van der Waals surface area contributed by atoms with E-state index in [0.29, 0.717) is 6.42 Å². The van der Waals surface area contributed by atoms with Crippen molar-refractivity contribution in [2.75, 3.05) is 0 Å². The van der Waals surface area contributed by atoms with Crippen LogP contribution in [0.5, 0.6) is 0 Å². The molecular formula is C9H19NO3. The van der Waals surface area contributed by atoms with Gasteiger partial charge in [-0.1, -0.05) is 26.2 Å². The van der Waals surface area contributed by atoms with E-state index in [-0.39, 0.29) is 0 Å². The molecule has 0 saturated heterocycles. The van der Waals surface area contributed by atoms with E-state index in [1.54, 1.807) is 0 Å². The lowest BCUT2D eigenvalue weighted by molar-refractivity contribution is -0.147. The molecule has 2 atom stereocenters. The molecule has 0 aromatic rings. The predicted octanol–water partition coefficient (Wildman–Crippen LogP) is 0.730. The highest BCUT2D eigenvalue weighted by Crippen LogP contribution is 2.13. The summed E-state index contributed by atoms with van der Waals surface area (Å²) in [6.45, 7) is 3.39. The first-order valence-corrected chi connectivity index (χ1v) is 4.63. The summed E-state index contributed by atoms with van der Waals surface area (Å²) < 4.78 is 0. The number of hydrogen-bond acceptors (Lipinski definition) is 3. The molecule has 0 unspecified atom stereocenters. The lowest BCUT2D eigenvalue weighted by Gasteiger charge is -2.25. The summed E-state index contributed by atoms with van der Waals surface area (Å²) >= 11 is 0. The topological polar surface area (TPSA) is 83.5 Å². The molecule has 4 heteroatoms. The van der Waals surface area contributed by atoms with Crippen molar-refractivity contribution >= 4 is 5.97 Å². The molecule has 0 aliphatic carbocycles. The first-order valence-electron chi connectivity index (χ1n) is 4.63. The molecule has 0 heterocycles. The van der Waals surface area contributed by atoms with E-state index < -0.39 is 17.6 Å². The number of rotatable bonds is 6. The van der Waals surface area contributed by atoms with Crippen LogP contribution in [-0.4, -0.2) is 27.8 Å². The van der Waals surface area contributed by atoms with Crippen LogP contribution >= 0.6 is 0 Å². The Kier molecular flexibility index (Phi) is 4.95. The summed E-state index contributed by atoms with van der Waals surface area (Å²) in [6.07, 6.45) is 2.34. The molecule has 0 aliphatic rings. The van der Waals surface area contributed by atoms with Gasteiger partial charge >= 0.3 is 5.97 Å². The van der Waals surface area contributed by atoms with Gasteiger partial charge in [0.2, 0.25) is 0 Å². The summed E-state index contributed by atoms with van der Waals surface area (Å²) in [7, 11) is 0. The maximum atomic E-state index is 10.6. The summed E-state index contributed by atoms with van der Waals surface area (Å²) in [6, 6.07) is 0. The van der Waals surface area contributed by atoms with E-state index in [4.69, 9.17) is 10.8 Å². The molecule has 0 rings (SSSR count). The Morgan fingerprint density at radius 1 is 1.54 bits per heavy atom. The molecule has 0 aliphatic heterocycles. The minimum absolute atomic E-state index is 0.452. The highest BCUT2D eigenvalue weighted by Gasteiger charge is 2.35. The smallest absolute Gasteiger partial charge is 0.326 e. The van der Waals surface area contributed by atoms with E-state index in [1.165, 1.54) is 6.92 Å². The number of hydrogen-bond donors (Lipinski definition) is 3. The molecule has 0 fully saturated rings. The van der Waals surface area contributed by atoms with Crippen molar-refractivity contribution in [3.05, 3.63) is 0 Å². The zero-order valence-corrected chi connectivity index (χ0v) is 8.29. The van der Waals surface area contributed by atoms with Gasteiger partial charge in [-0.2, -0.15) is 0 Å². The molecule has 0 spiro atoms. The summed E-state index contributed by atoms with van der Waals surface area (Å²) in [5.41, 5.74) is 3.92. The SMILES string of the molecule is CCCCC[C@H](O)[C@@](C)(N)C(=O)O. The van der Waals surface area contributed by atoms with Crippen LogP contribution < -0.4 is 5.73 Å². The average molecular weight is 189 g/mol. The molecule has 4 N–H and O–H groups in total. The third kappa shape index (κ3) is 3.74. The van der Waals surface area contributed by atoms with Crippen LogP contribution in [0.2, 0.25) is 0 Å². The number of aliphatic hydroxyl groups is 1. The maximum absolute atomic E-state index is 10.6. The van der Waals surface area contributed by atoms with Gasteiger partial charge in [0.15, 0.2) is 0 Å². The van der Waals surface area contributed by atoms with Crippen molar-refractivity contribution in [1.29, 1.82) is 0 Å². The summed E-state index contributed by atoms with van der Waals surface area (Å²) in [4.78, 5) is 10.6. The molecule has 0 saturated carbocycles. The first kappa shape index (κ1) is 12.4. The van der Waals surface area contributed by atoms with E-state index >= 15 is 0 Å². The van der Waals surface area contributed by atoms with Crippen LogP contribution in [0.3, 0.4) is 0 Å². The van der Waals surface area contributed by atoms with Crippen LogP contribution in [0, 0.1) is 0 Å². The van der Waals surface area contributed by atoms with Gasteiger partial charge in [-0.3, -0.25) is 4.79 Å². The van der Waals surface area contributed by atoms with Crippen LogP contribution in [0.1, 0.15) is 39.5 Å². The standard InChI is InChI=1S/C9H19NO3/c1-3-4-5-6-7(11)9(2,10)8(12)13/h7,11H,3-6,10H2,1-2H3,(H,12,13)/t7-,9+/m0/s1. The number of unbranched alkanes of at least 4 members (excludes halogenated alkanes) is 2. The highest BCUT2D eigenvalue weighted by atomic mass is 16.4. The molecule has 0 radical (unpaired) electrons. The van der Waals surface area contributed by atoms with Gasteiger partial charge in [-0.25, -0.2) is 0 Å². The summed E-state index contributed by atoms with van der Waals surface area (Å²) in [5.74, 6) is -1.16. The number of carboxylic acids is 1. The Morgan fingerprint density at radius 2 is 2.08 bits per heavy atom. The fraction of sp³-hybridized carbons (Fsp3) is 0.889. The van der Waals surface area contributed by atoms with Crippen molar-refractivity contribution in [2.45, 2.75) is 51.2 Å². The minimum atomic E-state index is -1.52. The zero-order valence-electron chi connectivity index (χ0n) is 8.29. The zero-order chi connectivity index (χ0) is 10.5. The lowest BCUT2D eigenvalue weighted by Crippen LogP contribution is -2.54. The van der Waals surface area contributed by atoms with Crippen LogP contribution in [0.4, 0.5) is 0 Å². The quantitative estimate of drug-likeness (QED) is 0.538. The minimum Gasteiger partial charge on any atom is -0.480 e. The van der Waals surface area contributed by atoms with E-state index in [2.05, 4.69) is 0 Å². The van der Waals surface area contributed by atoms with Gasteiger partial charge in [0.25, 0.3) is 0 Å². The second-order valence-electron chi connectivity index (χ2n) is 3.60. The third-order valence-electron chi connectivity index (χ3n) is 2.23. The van der Waals surface area contributed by atoms with E-state index in [9.17, 15) is 9.90 Å². The van der Waals surface area contributed by atoms with E-state index in [1.807, 2.05) is 6.92 Å². The fourth-order valence-corrected chi connectivity index (χ4v) is 1.03. The molecular weight excluding hydrogens is 170 g/mol. The number of aliphatic hydroxyl groups excluding tert-OH is 1. The third-order valence-corrected chi connectivity index (χ3v) is 2.23. The average Bonchev–Trinajstić information content (AvgIpc) is 2.04. The highest BCUT2D eigenvalue weighted by molar-refractivity contribution is 5.78. The van der Waals surface area contributed by atoms with Crippen LogP contribution in [0.25, 0.3) is 0 Å². The Balaban J connectivity index is 3.94. The maximum Gasteiger partial charge on any atom is 0.326 e. The molecule has 0 bridgehead atoms. The van der Waals surface area contributed by atoms with Crippen LogP contribution in [0.15, 0.2) is 0 Å². The molecule has 13 heavy (non-hydrogen) atoms. The van der Waals surface area contributed by atoms with Crippen molar-refractivity contribution < 1.29 is 15.0 Å². The first-order chi connectivity index (χ1) is 5.92. The van der Waals surface area contributed by atoms with Crippen LogP contribution in [-0.2, 0) is 4.79 Å². The Morgan fingerprint density at radius 3 is 2.46 bits per heavy atom. The number of carbonyl (C=O) groups is 1. The van der Waals surface area contributed by atoms with Gasteiger partial charge < -0.3 is 15.9 Å². The van der Waals surface area contributed by atoms with Crippen molar-refractivity contribution in [3.63, 3.8) is 0 Å². The summed E-state index contributed by atoms with van der Waals surface area (Å²) in [5, 5.41) is 18.2. The normalized spacial score (nSPS) is 17.8. The molecule has 4 nitrogen and oxygen atoms in total. The predicted molar refractivity (Wildman–Crippen MR) is 50.4 cm³/mol. The number of carboxylic acid groups (broad SMARTS) is 1. The second-order valence-corrected chi connectivity index (χ2v) is 3.60.